The van der Waals surface area contributed by atoms with E-state index in [1.54, 1.807) is 12.3 Å². The number of rotatable bonds is 4. The molecule has 0 fully saturated rings. The molecule has 0 atom stereocenters. The molecule has 7 heteroatoms. The van der Waals surface area contributed by atoms with Crippen molar-refractivity contribution in [1.29, 1.82) is 0 Å². The van der Waals surface area contributed by atoms with Crippen molar-refractivity contribution in [1.82, 2.24) is 9.78 Å². The third-order valence-electron chi connectivity index (χ3n) is 2.46. The van der Waals surface area contributed by atoms with Crippen molar-refractivity contribution in [3.63, 3.8) is 0 Å². The van der Waals surface area contributed by atoms with E-state index in [0.29, 0.717) is 12.4 Å². The molecule has 2 rings (SSSR count). The van der Waals surface area contributed by atoms with Crippen LogP contribution >= 0.6 is 15.9 Å². The summed E-state index contributed by atoms with van der Waals surface area (Å²) in [6, 6.07) is 5.46. The van der Waals surface area contributed by atoms with Crippen molar-refractivity contribution in [3.8, 4) is 11.4 Å². The van der Waals surface area contributed by atoms with Crippen molar-refractivity contribution >= 4 is 27.5 Å². The van der Waals surface area contributed by atoms with Crippen LogP contribution in [0.25, 0.3) is 5.69 Å². The average Bonchev–Trinajstić information content (AvgIpc) is 2.74. The Balaban J connectivity index is 2.44. The van der Waals surface area contributed by atoms with E-state index in [2.05, 4.69) is 21.0 Å². The van der Waals surface area contributed by atoms with E-state index in [4.69, 9.17) is 16.2 Å². The summed E-state index contributed by atoms with van der Waals surface area (Å²) in [5.74, 6) is 0.0353. The smallest absolute Gasteiger partial charge is 0.271 e. The summed E-state index contributed by atoms with van der Waals surface area (Å²) in [7, 11) is 0. The Kier molecular flexibility index (Phi) is 3.75. The summed E-state index contributed by atoms with van der Waals surface area (Å²) in [6.45, 7) is 2.45. The number of aromatic nitrogens is 2. The third-order valence-corrected chi connectivity index (χ3v) is 3.11. The number of carbonyl (C=O) groups excluding carboxylic acids is 1. The molecule has 0 saturated heterocycles. The van der Waals surface area contributed by atoms with Gasteiger partial charge in [-0.1, -0.05) is 0 Å². The molecule has 0 unspecified atom stereocenters. The van der Waals surface area contributed by atoms with Gasteiger partial charge in [-0.3, -0.25) is 4.79 Å². The molecule has 0 radical (unpaired) electrons. The zero-order chi connectivity index (χ0) is 14.0. The Hall–Kier alpha value is -2.02. The highest BCUT2D eigenvalue weighted by molar-refractivity contribution is 9.10. The van der Waals surface area contributed by atoms with Gasteiger partial charge in [0.15, 0.2) is 5.69 Å². The van der Waals surface area contributed by atoms with Crippen molar-refractivity contribution in [2.45, 2.75) is 6.92 Å². The van der Waals surface area contributed by atoms with Gasteiger partial charge >= 0.3 is 0 Å². The monoisotopic (exact) mass is 324 g/mol. The van der Waals surface area contributed by atoms with Crippen LogP contribution in [0.1, 0.15) is 17.4 Å². The van der Waals surface area contributed by atoms with Crippen LogP contribution < -0.4 is 16.2 Å². The van der Waals surface area contributed by atoms with Crippen LogP contribution in [0.2, 0.25) is 0 Å². The molecule has 1 amide bonds. The number of amides is 1. The molecular weight excluding hydrogens is 312 g/mol. The first kappa shape index (κ1) is 13.4. The van der Waals surface area contributed by atoms with E-state index in [1.807, 2.05) is 19.1 Å². The number of anilines is 1. The second-order valence-electron chi connectivity index (χ2n) is 3.79. The largest absolute Gasteiger partial charge is 0.493 e. The van der Waals surface area contributed by atoms with Crippen LogP contribution in [0.3, 0.4) is 0 Å². The lowest BCUT2D eigenvalue weighted by molar-refractivity contribution is 0.0996. The lowest BCUT2D eigenvalue weighted by Gasteiger charge is -2.08. The first-order valence-electron chi connectivity index (χ1n) is 5.60. The maximum atomic E-state index is 11.1. The van der Waals surface area contributed by atoms with Gasteiger partial charge in [0, 0.05) is 6.07 Å². The van der Waals surface area contributed by atoms with Gasteiger partial charge < -0.3 is 16.2 Å². The molecule has 6 nitrogen and oxygen atoms in total. The Bertz CT molecular complexity index is 624. The lowest BCUT2D eigenvalue weighted by atomic mass is 10.3. The van der Waals surface area contributed by atoms with Crippen LogP contribution in [-0.4, -0.2) is 22.3 Å². The third kappa shape index (κ3) is 2.70. The van der Waals surface area contributed by atoms with Gasteiger partial charge in [0.1, 0.15) is 5.75 Å². The molecule has 1 aromatic carbocycles. The number of carbonyl (C=O) groups is 1. The number of benzene rings is 1. The Morgan fingerprint density at radius 1 is 1.53 bits per heavy atom. The Morgan fingerprint density at radius 3 is 2.84 bits per heavy atom. The van der Waals surface area contributed by atoms with Gasteiger partial charge in [-0.2, -0.15) is 5.10 Å². The highest BCUT2D eigenvalue weighted by Crippen LogP contribution is 2.28. The first-order valence-corrected chi connectivity index (χ1v) is 6.40. The van der Waals surface area contributed by atoms with Crippen LogP contribution in [0.5, 0.6) is 5.75 Å². The maximum Gasteiger partial charge on any atom is 0.271 e. The van der Waals surface area contributed by atoms with E-state index in [9.17, 15) is 4.79 Å². The Labute approximate surface area is 118 Å². The van der Waals surface area contributed by atoms with E-state index in [-0.39, 0.29) is 11.4 Å². The maximum absolute atomic E-state index is 11.1. The molecule has 0 saturated carbocycles. The predicted octanol–water partition coefficient (Wildman–Crippen LogP) is 1.71. The predicted molar refractivity (Wildman–Crippen MR) is 75.4 cm³/mol. The minimum absolute atomic E-state index is 0.0564. The standard InChI is InChI=1S/C12H13BrN4O2/c1-2-19-10-5-7(3-4-8(10)13)17-6-9(14)11(16-17)12(15)18/h3-6H,2,14H2,1H3,(H2,15,18). The van der Waals surface area contributed by atoms with Gasteiger partial charge in [0.05, 0.1) is 28.7 Å². The molecule has 0 spiro atoms. The number of primary amides is 1. The van der Waals surface area contributed by atoms with Crippen molar-refractivity contribution in [2.75, 3.05) is 12.3 Å². The van der Waals surface area contributed by atoms with Crippen LogP contribution in [0.4, 0.5) is 5.69 Å². The molecule has 0 bridgehead atoms. The number of nitrogens with zero attached hydrogens (tertiary/aromatic N) is 2. The minimum Gasteiger partial charge on any atom is -0.493 e. The second kappa shape index (κ2) is 5.31. The summed E-state index contributed by atoms with van der Waals surface area (Å²) in [5.41, 5.74) is 11.9. The highest BCUT2D eigenvalue weighted by Gasteiger charge is 2.13. The van der Waals surface area contributed by atoms with Crippen LogP contribution in [0.15, 0.2) is 28.9 Å². The summed E-state index contributed by atoms with van der Waals surface area (Å²) in [5, 5.41) is 4.06. The molecular formula is C12H13BrN4O2. The number of nitrogens with two attached hydrogens (primary N) is 2. The molecule has 0 aliphatic carbocycles. The number of hydrogen-bond donors (Lipinski definition) is 2. The summed E-state index contributed by atoms with van der Waals surface area (Å²) in [6.07, 6.45) is 1.54. The quantitative estimate of drug-likeness (QED) is 0.894. The van der Waals surface area contributed by atoms with E-state index in [1.165, 1.54) is 4.68 Å². The van der Waals surface area contributed by atoms with Crippen molar-refractivity contribution in [3.05, 3.63) is 34.6 Å². The van der Waals surface area contributed by atoms with Gasteiger partial charge in [-0.25, -0.2) is 4.68 Å². The average molecular weight is 325 g/mol. The van der Waals surface area contributed by atoms with E-state index in [0.717, 1.165) is 10.2 Å². The second-order valence-corrected chi connectivity index (χ2v) is 4.64. The summed E-state index contributed by atoms with van der Waals surface area (Å²) < 4.78 is 7.80. The fourth-order valence-electron chi connectivity index (χ4n) is 1.61. The minimum atomic E-state index is -0.654. The molecule has 0 aliphatic heterocycles. The number of nitrogen functional groups attached to an aromatic ring is 1. The topological polar surface area (TPSA) is 96.2 Å². The zero-order valence-corrected chi connectivity index (χ0v) is 11.8. The molecule has 100 valence electrons. The lowest BCUT2D eigenvalue weighted by Crippen LogP contribution is -2.14. The highest BCUT2D eigenvalue weighted by atomic mass is 79.9. The fraction of sp³-hybridized carbons (Fsp3) is 0.167. The normalized spacial score (nSPS) is 10.4. The molecule has 19 heavy (non-hydrogen) atoms. The number of ether oxygens (including phenoxy) is 1. The van der Waals surface area contributed by atoms with Crippen molar-refractivity contribution < 1.29 is 9.53 Å². The van der Waals surface area contributed by atoms with Gasteiger partial charge in [0.2, 0.25) is 0 Å². The number of hydrogen-bond acceptors (Lipinski definition) is 4. The zero-order valence-electron chi connectivity index (χ0n) is 10.3. The van der Waals surface area contributed by atoms with Crippen LogP contribution in [-0.2, 0) is 0 Å². The number of halogens is 1. The fourth-order valence-corrected chi connectivity index (χ4v) is 1.97. The molecule has 4 N–H and O–H groups in total. The SMILES string of the molecule is CCOc1cc(-n2cc(N)c(C(N)=O)n2)ccc1Br. The van der Waals surface area contributed by atoms with E-state index >= 15 is 0 Å². The molecule has 1 aromatic heterocycles. The van der Waals surface area contributed by atoms with Gasteiger partial charge in [-0.05, 0) is 35.0 Å². The van der Waals surface area contributed by atoms with Crippen molar-refractivity contribution in [2.24, 2.45) is 5.73 Å². The molecule has 2 aromatic rings. The van der Waals surface area contributed by atoms with Gasteiger partial charge in [0.25, 0.3) is 5.91 Å². The first-order chi connectivity index (χ1) is 9.02. The van der Waals surface area contributed by atoms with Gasteiger partial charge in [-0.15, -0.1) is 0 Å². The summed E-state index contributed by atoms with van der Waals surface area (Å²) >= 11 is 3.39. The summed E-state index contributed by atoms with van der Waals surface area (Å²) in [4.78, 5) is 11.1. The van der Waals surface area contributed by atoms with Crippen LogP contribution in [0, 0.1) is 0 Å². The Morgan fingerprint density at radius 2 is 2.26 bits per heavy atom. The molecule has 0 aliphatic rings. The van der Waals surface area contributed by atoms with E-state index < -0.39 is 5.91 Å². The molecule has 1 heterocycles.